The molecule has 0 aliphatic carbocycles. The van der Waals surface area contributed by atoms with E-state index < -0.39 is 17.7 Å². The number of ketones is 1. The maximum absolute atomic E-state index is 13.1. The number of aromatic nitrogens is 1. The zero-order chi connectivity index (χ0) is 22.7. The first-order chi connectivity index (χ1) is 15.5. The molecular formula is C25H22N2O5. The van der Waals surface area contributed by atoms with Gasteiger partial charge in [-0.1, -0.05) is 24.3 Å². The number of aliphatic hydroxyl groups is 1. The summed E-state index contributed by atoms with van der Waals surface area (Å²) in [6.07, 6.45) is 3.18. The standard InChI is InChI=1S/C25H22N2O5/c1-31-18-9-7-16(8-10-18)15-27-22(17-11-13-26-14-12-17)21(24(29)25(27)30)23(28)19-5-3-4-6-20(19)32-2/h3-14,22,28H,15H2,1-2H3/b23-21-. The second-order valence-electron chi connectivity index (χ2n) is 7.26. The third kappa shape index (κ3) is 3.80. The summed E-state index contributed by atoms with van der Waals surface area (Å²) in [5.74, 6) is -0.611. The maximum Gasteiger partial charge on any atom is 0.295 e. The predicted molar refractivity (Wildman–Crippen MR) is 118 cm³/mol. The van der Waals surface area contributed by atoms with Crippen LogP contribution in [-0.2, 0) is 16.1 Å². The summed E-state index contributed by atoms with van der Waals surface area (Å²) in [5, 5.41) is 11.2. The Morgan fingerprint density at radius 3 is 2.31 bits per heavy atom. The highest BCUT2D eigenvalue weighted by molar-refractivity contribution is 6.46. The fourth-order valence-corrected chi connectivity index (χ4v) is 3.85. The lowest BCUT2D eigenvalue weighted by atomic mass is 9.95. The number of benzene rings is 2. The average Bonchev–Trinajstić information content (AvgIpc) is 3.09. The van der Waals surface area contributed by atoms with E-state index in [1.165, 1.54) is 12.0 Å². The van der Waals surface area contributed by atoms with Gasteiger partial charge in [0.25, 0.3) is 11.7 Å². The van der Waals surface area contributed by atoms with Crippen LogP contribution in [0.2, 0.25) is 0 Å². The van der Waals surface area contributed by atoms with Gasteiger partial charge < -0.3 is 19.5 Å². The van der Waals surface area contributed by atoms with Gasteiger partial charge in [-0.2, -0.15) is 0 Å². The van der Waals surface area contributed by atoms with Crippen molar-refractivity contribution in [1.82, 2.24) is 9.88 Å². The second kappa shape index (κ2) is 8.93. The highest BCUT2D eigenvalue weighted by Gasteiger charge is 2.46. The number of pyridine rings is 1. The number of amides is 1. The number of ether oxygens (including phenoxy) is 2. The van der Waals surface area contributed by atoms with Crippen LogP contribution in [0.5, 0.6) is 11.5 Å². The molecule has 1 aliphatic heterocycles. The van der Waals surface area contributed by atoms with Gasteiger partial charge in [-0.05, 0) is 47.5 Å². The van der Waals surface area contributed by atoms with E-state index in [0.717, 1.165) is 5.56 Å². The molecule has 0 bridgehead atoms. The Balaban J connectivity index is 1.84. The Morgan fingerprint density at radius 2 is 1.66 bits per heavy atom. The molecule has 1 unspecified atom stereocenters. The zero-order valence-electron chi connectivity index (χ0n) is 17.7. The van der Waals surface area contributed by atoms with Crippen LogP contribution in [0.15, 0.2) is 78.6 Å². The lowest BCUT2D eigenvalue weighted by molar-refractivity contribution is -0.140. The van der Waals surface area contributed by atoms with Crippen molar-refractivity contribution in [2.24, 2.45) is 0 Å². The van der Waals surface area contributed by atoms with Crippen molar-refractivity contribution in [2.45, 2.75) is 12.6 Å². The molecule has 1 fully saturated rings. The molecule has 1 N–H and O–H groups in total. The van der Waals surface area contributed by atoms with Crippen molar-refractivity contribution in [3.8, 4) is 11.5 Å². The molecule has 32 heavy (non-hydrogen) atoms. The predicted octanol–water partition coefficient (Wildman–Crippen LogP) is 3.72. The van der Waals surface area contributed by atoms with Crippen LogP contribution < -0.4 is 9.47 Å². The fraction of sp³-hybridized carbons (Fsp3) is 0.160. The zero-order valence-corrected chi connectivity index (χ0v) is 17.7. The monoisotopic (exact) mass is 430 g/mol. The fourth-order valence-electron chi connectivity index (χ4n) is 3.85. The largest absolute Gasteiger partial charge is 0.507 e. The van der Waals surface area contributed by atoms with Crippen LogP contribution in [0.25, 0.3) is 5.76 Å². The number of Topliss-reactive ketones (excluding diaryl/α,β-unsaturated/α-hetero) is 1. The van der Waals surface area contributed by atoms with Gasteiger partial charge in [-0.3, -0.25) is 14.6 Å². The minimum atomic E-state index is -0.773. The lowest BCUT2D eigenvalue weighted by Crippen LogP contribution is -2.29. The third-order valence-corrected chi connectivity index (χ3v) is 5.44. The van der Waals surface area contributed by atoms with Crippen LogP contribution in [0.4, 0.5) is 0 Å². The molecule has 2 heterocycles. The molecule has 1 atom stereocenters. The summed E-state index contributed by atoms with van der Waals surface area (Å²) < 4.78 is 10.5. The van der Waals surface area contributed by atoms with Crippen LogP contribution in [0.1, 0.15) is 22.7 Å². The summed E-state index contributed by atoms with van der Waals surface area (Å²) in [6.45, 7) is 0.185. The molecule has 7 nitrogen and oxygen atoms in total. The number of likely N-dealkylation sites (tertiary alicyclic amines) is 1. The molecule has 7 heteroatoms. The SMILES string of the molecule is COc1ccc(CN2C(=O)C(=O)/C(=C(\O)c3ccccc3OC)C2c2ccncc2)cc1. The summed E-state index contributed by atoms with van der Waals surface area (Å²) in [7, 11) is 3.06. The Kier molecular flexibility index (Phi) is 5.89. The Morgan fingerprint density at radius 1 is 0.969 bits per heavy atom. The van der Waals surface area contributed by atoms with E-state index in [4.69, 9.17) is 9.47 Å². The van der Waals surface area contributed by atoms with E-state index in [-0.39, 0.29) is 17.9 Å². The Bertz CT molecular complexity index is 1170. The topological polar surface area (TPSA) is 89.0 Å². The van der Waals surface area contributed by atoms with Gasteiger partial charge in [0.1, 0.15) is 17.3 Å². The molecule has 0 spiro atoms. The van der Waals surface area contributed by atoms with Gasteiger partial charge in [0.2, 0.25) is 0 Å². The van der Waals surface area contributed by atoms with Crippen molar-refractivity contribution in [3.05, 3.63) is 95.3 Å². The minimum Gasteiger partial charge on any atom is -0.507 e. The average molecular weight is 430 g/mol. The van der Waals surface area contributed by atoms with Crippen molar-refractivity contribution in [3.63, 3.8) is 0 Å². The molecule has 1 aliphatic rings. The number of rotatable bonds is 6. The summed E-state index contributed by atoms with van der Waals surface area (Å²) in [6, 6.07) is 16.8. The third-order valence-electron chi connectivity index (χ3n) is 5.44. The first kappa shape index (κ1) is 21.1. The summed E-state index contributed by atoms with van der Waals surface area (Å²) in [5.41, 5.74) is 1.85. The Labute approximate surface area is 185 Å². The molecule has 0 radical (unpaired) electrons. The minimum absolute atomic E-state index is 0.0132. The number of hydrogen-bond donors (Lipinski definition) is 1. The van der Waals surface area contributed by atoms with E-state index in [2.05, 4.69) is 4.98 Å². The summed E-state index contributed by atoms with van der Waals surface area (Å²) >= 11 is 0. The molecule has 1 saturated heterocycles. The highest BCUT2D eigenvalue weighted by atomic mass is 16.5. The number of hydrogen-bond acceptors (Lipinski definition) is 6. The number of para-hydroxylation sites is 1. The van der Waals surface area contributed by atoms with Gasteiger partial charge in [-0.15, -0.1) is 0 Å². The smallest absolute Gasteiger partial charge is 0.295 e. The number of aliphatic hydroxyl groups excluding tert-OH is 1. The highest BCUT2D eigenvalue weighted by Crippen LogP contribution is 2.41. The molecular weight excluding hydrogens is 408 g/mol. The quantitative estimate of drug-likeness (QED) is 0.364. The van der Waals surface area contributed by atoms with E-state index in [0.29, 0.717) is 22.6 Å². The van der Waals surface area contributed by atoms with Crippen molar-refractivity contribution in [1.29, 1.82) is 0 Å². The normalized spacial score (nSPS) is 17.4. The molecule has 4 rings (SSSR count). The number of carbonyl (C=O) groups excluding carboxylic acids is 2. The van der Waals surface area contributed by atoms with Crippen molar-refractivity contribution < 1.29 is 24.2 Å². The van der Waals surface area contributed by atoms with Crippen molar-refractivity contribution in [2.75, 3.05) is 14.2 Å². The van der Waals surface area contributed by atoms with Crippen molar-refractivity contribution >= 4 is 17.4 Å². The molecule has 2 aromatic carbocycles. The molecule has 1 aromatic heterocycles. The van der Waals surface area contributed by atoms with Gasteiger partial charge in [0.15, 0.2) is 0 Å². The van der Waals surface area contributed by atoms with Gasteiger partial charge in [0.05, 0.1) is 31.4 Å². The molecule has 1 amide bonds. The van der Waals surface area contributed by atoms with E-state index >= 15 is 0 Å². The van der Waals surface area contributed by atoms with Crippen LogP contribution in [-0.4, -0.2) is 40.9 Å². The molecule has 0 saturated carbocycles. The first-order valence-corrected chi connectivity index (χ1v) is 9.99. The lowest BCUT2D eigenvalue weighted by Gasteiger charge is -2.25. The van der Waals surface area contributed by atoms with Gasteiger partial charge >= 0.3 is 0 Å². The van der Waals surface area contributed by atoms with Crippen LogP contribution in [0.3, 0.4) is 0 Å². The maximum atomic E-state index is 13.1. The van der Waals surface area contributed by atoms with Gasteiger partial charge in [-0.25, -0.2) is 0 Å². The number of carbonyl (C=O) groups is 2. The first-order valence-electron chi connectivity index (χ1n) is 9.99. The molecule has 3 aromatic rings. The van der Waals surface area contributed by atoms with Crippen LogP contribution in [0, 0.1) is 0 Å². The number of nitrogens with zero attached hydrogens (tertiary/aromatic N) is 2. The van der Waals surface area contributed by atoms with Crippen LogP contribution >= 0.6 is 0 Å². The van der Waals surface area contributed by atoms with E-state index in [1.54, 1.807) is 68.0 Å². The van der Waals surface area contributed by atoms with Gasteiger partial charge in [0, 0.05) is 18.9 Å². The van der Waals surface area contributed by atoms with E-state index in [1.807, 2.05) is 12.1 Å². The number of methoxy groups -OCH3 is 2. The summed E-state index contributed by atoms with van der Waals surface area (Å²) in [4.78, 5) is 31.7. The van der Waals surface area contributed by atoms with E-state index in [9.17, 15) is 14.7 Å². The molecule has 162 valence electrons. The second-order valence-corrected chi connectivity index (χ2v) is 7.26. The Hall–Kier alpha value is -4.13.